The Kier molecular flexibility index (Phi) is 5.41. The highest BCUT2D eigenvalue weighted by Gasteiger charge is 2.25. The fourth-order valence-corrected chi connectivity index (χ4v) is 4.08. The highest BCUT2D eigenvalue weighted by molar-refractivity contribution is 5.77. The van der Waals surface area contributed by atoms with Crippen LogP contribution in [0.3, 0.4) is 0 Å². The molecule has 1 aliphatic rings. The standard InChI is InChI=1S/C22H26N4O2/c1-16-7-8-20(28-2)17(13-16)14-25-9-11-26(12-10-25)15-21-23-19-6-4-3-5-18(19)22(27)24-21/h3-8,13H,9-12,14-15H2,1-2H3,(H,23,24,27)/p+2. The lowest BCUT2D eigenvalue weighted by Gasteiger charge is -2.29. The number of hydrogen-bond donors (Lipinski definition) is 3. The van der Waals surface area contributed by atoms with E-state index in [9.17, 15) is 4.79 Å². The normalized spacial score (nSPS) is 19.6. The molecular weight excluding hydrogens is 352 g/mol. The van der Waals surface area contributed by atoms with Crippen LogP contribution in [0.15, 0.2) is 47.3 Å². The molecule has 0 aliphatic carbocycles. The van der Waals surface area contributed by atoms with Gasteiger partial charge in [-0.05, 0) is 31.2 Å². The zero-order valence-electron chi connectivity index (χ0n) is 16.5. The Morgan fingerprint density at radius 1 is 1.04 bits per heavy atom. The first-order valence-electron chi connectivity index (χ1n) is 9.91. The summed E-state index contributed by atoms with van der Waals surface area (Å²) in [7, 11) is 1.74. The molecule has 1 aliphatic heterocycles. The molecule has 2 heterocycles. The van der Waals surface area contributed by atoms with Crippen molar-refractivity contribution in [2.75, 3.05) is 33.3 Å². The van der Waals surface area contributed by atoms with E-state index in [-0.39, 0.29) is 5.56 Å². The predicted molar refractivity (Wildman–Crippen MR) is 109 cm³/mol. The third-order valence-electron chi connectivity index (χ3n) is 5.62. The molecule has 3 N–H and O–H groups in total. The number of H-pyrrole nitrogens is 1. The summed E-state index contributed by atoms with van der Waals surface area (Å²) in [6.45, 7) is 8.22. The number of piperazine rings is 1. The Morgan fingerprint density at radius 3 is 2.50 bits per heavy atom. The number of nitrogens with zero attached hydrogens (tertiary/aromatic N) is 1. The Hall–Kier alpha value is -2.70. The number of aromatic nitrogens is 2. The number of nitrogens with one attached hydrogen (secondary N) is 3. The molecule has 1 fully saturated rings. The van der Waals surface area contributed by atoms with Gasteiger partial charge >= 0.3 is 0 Å². The van der Waals surface area contributed by atoms with E-state index >= 15 is 0 Å². The van der Waals surface area contributed by atoms with Crippen molar-refractivity contribution >= 4 is 10.9 Å². The molecule has 6 heteroatoms. The molecule has 0 bridgehead atoms. The molecule has 0 unspecified atom stereocenters. The van der Waals surface area contributed by atoms with Gasteiger partial charge in [0.1, 0.15) is 45.0 Å². The molecule has 0 atom stereocenters. The number of aromatic amines is 1. The largest absolute Gasteiger partial charge is 0.496 e. The van der Waals surface area contributed by atoms with Crippen LogP contribution < -0.4 is 20.1 Å². The van der Waals surface area contributed by atoms with Gasteiger partial charge in [0.15, 0.2) is 5.82 Å². The first-order chi connectivity index (χ1) is 13.6. The molecule has 0 amide bonds. The number of ether oxygens (including phenoxy) is 1. The van der Waals surface area contributed by atoms with Crippen molar-refractivity contribution in [2.24, 2.45) is 0 Å². The Morgan fingerprint density at radius 2 is 1.75 bits per heavy atom. The minimum absolute atomic E-state index is 0.0456. The lowest BCUT2D eigenvalue weighted by atomic mass is 10.1. The van der Waals surface area contributed by atoms with E-state index in [4.69, 9.17) is 4.74 Å². The maximum Gasteiger partial charge on any atom is 0.258 e. The number of benzene rings is 2. The van der Waals surface area contributed by atoms with Gasteiger partial charge in [0.25, 0.3) is 5.56 Å². The van der Waals surface area contributed by atoms with Crippen LogP contribution >= 0.6 is 0 Å². The molecule has 0 spiro atoms. The molecule has 6 nitrogen and oxygen atoms in total. The maximum atomic E-state index is 12.3. The van der Waals surface area contributed by atoms with E-state index < -0.39 is 0 Å². The summed E-state index contributed by atoms with van der Waals surface area (Å²) < 4.78 is 5.53. The van der Waals surface area contributed by atoms with Crippen LogP contribution in [-0.2, 0) is 13.1 Å². The van der Waals surface area contributed by atoms with Crippen molar-refractivity contribution in [3.63, 3.8) is 0 Å². The number of rotatable bonds is 5. The van der Waals surface area contributed by atoms with Gasteiger partial charge in [-0.1, -0.05) is 23.8 Å². The number of para-hydroxylation sites is 1. The van der Waals surface area contributed by atoms with Crippen LogP contribution in [0, 0.1) is 6.92 Å². The lowest BCUT2D eigenvalue weighted by molar-refractivity contribution is -1.02. The van der Waals surface area contributed by atoms with Crippen LogP contribution in [0.5, 0.6) is 5.75 Å². The second kappa shape index (κ2) is 8.12. The van der Waals surface area contributed by atoms with Crippen molar-refractivity contribution in [3.05, 3.63) is 69.8 Å². The number of aryl methyl sites for hydroxylation is 1. The minimum Gasteiger partial charge on any atom is -0.496 e. The summed E-state index contributed by atoms with van der Waals surface area (Å²) in [4.78, 5) is 22.9. The average Bonchev–Trinajstić information content (AvgIpc) is 2.70. The van der Waals surface area contributed by atoms with E-state index in [2.05, 4.69) is 35.1 Å². The minimum atomic E-state index is -0.0456. The Labute approximate surface area is 164 Å². The second-order valence-electron chi connectivity index (χ2n) is 7.70. The fraction of sp³-hybridized carbons (Fsp3) is 0.364. The molecule has 0 saturated carbocycles. The number of hydrogen-bond acceptors (Lipinski definition) is 3. The zero-order valence-corrected chi connectivity index (χ0v) is 16.5. The average molecular weight is 380 g/mol. The highest BCUT2D eigenvalue weighted by atomic mass is 16.5. The number of methoxy groups -OCH3 is 1. The van der Waals surface area contributed by atoms with Crippen LogP contribution in [0.25, 0.3) is 10.9 Å². The molecule has 28 heavy (non-hydrogen) atoms. The van der Waals surface area contributed by atoms with E-state index in [1.54, 1.807) is 12.0 Å². The first kappa shape index (κ1) is 18.7. The molecule has 146 valence electrons. The van der Waals surface area contributed by atoms with Crippen LogP contribution in [0.2, 0.25) is 0 Å². The smallest absolute Gasteiger partial charge is 0.258 e. The summed E-state index contributed by atoms with van der Waals surface area (Å²) in [5.74, 6) is 1.76. The van der Waals surface area contributed by atoms with Crippen molar-refractivity contribution in [3.8, 4) is 5.75 Å². The molecule has 0 radical (unpaired) electrons. The van der Waals surface area contributed by atoms with E-state index in [1.165, 1.54) is 16.0 Å². The lowest BCUT2D eigenvalue weighted by Crippen LogP contribution is -3.27. The monoisotopic (exact) mass is 380 g/mol. The SMILES string of the molecule is COc1ccc(C)cc1C[NH+]1CC[NH+](Cc2nc3ccccc3c(=O)[nH]2)CC1. The first-order valence-corrected chi connectivity index (χ1v) is 9.91. The van der Waals surface area contributed by atoms with Gasteiger partial charge < -0.3 is 19.5 Å². The molecule has 4 rings (SSSR count). The van der Waals surface area contributed by atoms with Crippen LogP contribution in [0.1, 0.15) is 17.0 Å². The molecule has 2 aromatic carbocycles. The van der Waals surface area contributed by atoms with Crippen LogP contribution in [-0.4, -0.2) is 43.3 Å². The molecule has 1 saturated heterocycles. The highest BCUT2D eigenvalue weighted by Crippen LogP contribution is 2.18. The van der Waals surface area contributed by atoms with Crippen molar-refractivity contribution < 1.29 is 14.5 Å². The number of quaternary nitrogens is 2. The van der Waals surface area contributed by atoms with Crippen LogP contribution in [0.4, 0.5) is 0 Å². The number of fused-ring (bicyclic) bond motifs is 1. The van der Waals surface area contributed by atoms with Crippen molar-refractivity contribution in [1.29, 1.82) is 0 Å². The Bertz CT molecular complexity index is 1020. The molecule has 1 aromatic heterocycles. The van der Waals surface area contributed by atoms with Gasteiger partial charge in [0.05, 0.1) is 18.0 Å². The maximum absolute atomic E-state index is 12.3. The summed E-state index contributed by atoms with van der Waals surface area (Å²) in [6, 6.07) is 13.9. The van der Waals surface area contributed by atoms with Crippen molar-refractivity contribution in [1.82, 2.24) is 9.97 Å². The summed E-state index contributed by atoms with van der Waals surface area (Å²) in [5, 5.41) is 0.655. The molecule has 3 aromatic rings. The van der Waals surface area contributed by atoms with E-state index in [1.807, 2.05) is 24.3 Å². The van der Waals surface area contributed by atoms with Gasteiger partial charge in [-0.3, -0.25) is 4.79 Å². The topological polar surface area (TPSA) is 63.9 Å². The molecular formula is C22H28N4O2+2. The zero-order chi connectivity index (χ0) is 19.5. The van der Waals surface area contributed by atoms with Crippen molar-refractivity contribution in [2.45, 2.75) is 20.0 Å². The summed E-state index contributed by atoms with van der Waals surface area (Å²) >= 11 is 0. The summed E-state index contributed by atoms with van der Waals surface area (Å²) in [5.41, 5.74) is 3.28. The van der Waals surface area contributed by atoms with Gasteiger partial charge in [-0.15, -0.1) is 0 Å². The summed E-state index contributed by atoms with van der Waals surface area (Å²) in [6.07, 6.45) is 0. The second-order valence-corrected chi connectivity index (χ2v) is 7.70. The Balaban J connectivity index is 1.38. The third kappa shape index (κ3) is 4.08. The quantitative estimate of drug-likeness (QED) is 0.571. The van der Waals surface area contributed by atoms with Gasteiger partial charge in [0.2, 0.25) is 0 Å². The predicted octanol–water partition coefficient (Wildman–Crippen LogP) is -0.276. The fourth-order valence-electron chi connectivity index (χ4n) is 4.08. The van der Waals surface area contributed by atoms with E-state index in [0.29, 0.717) is 5.39 Å². The van der Waals surface area contributed by atoms with Gasteiger partial charge in [-0.25, -0.2) is 4.98 Å². The van der Waals surface area contributed by atoms with Gasteiger partial charge in [-0.2, -0.15) is 0 Å². The van der Waals surface area contributed by atoms with Gasteiger partial charge in [0, 0.05) is 5.56 Å². The van der Waals surface area contributed by atoms with E-state index in [0.717, 1.165) is 56.4 Å². The third-order valence-corrected chi connectivity index (χ3v) is 5.62.